The van der Waals surface area contributed by atoms with Gasteiger partial charge < -0.3 is 20.1 Å². The molecule has 0 atom stereocenters. The number of carbonyl (C=O) groups is 3. The molecule has 3 rings (SSSR count). The number of rotatable bonds is 9. The van der Waals surface area contributed by atoms with Gasteiger partial charge in [0.05, 0.1) is 24.2 Å². The number of halogens is 2. The minimum atomic E-state index is -0.953. The molecule has 3 aromatic rings. The summed E-state index contributed by atoms with van der Waals surface area (Å²) in [6.45, 7) is 1.90. The normalized spacial score (nSPS) is 10.5. The Morgan fingerprint density at radius 1 is 0.944 bits per heavy atom. The zero-order valence-electron chi connectivity index (χ0n) is 19.1. The number of anilines is 2. The average molecular weight is 557 g/mol. The second kappa shape index (κ2) is 13.0. The number of para-hydroxylation sites is 2. The Labute approximate surface area is 214 Å². The van der Waals surface area contributed by atoms with Gasteiger partial charge in [0.1, 0.15) is 17.3 Å². The number of carbonyl (C=O) groups excluding carboxylic acids is 3. The van der Waals surface area contributed by atoms with E-state index in [1.54, 1.807) is 54.6 Å². The summed E-state index contributed by atoms with van der Waals surface area (Å²) in [5, 5.41) is 8.67. The molecule has 0 radical (unpaired) electrons. The minimum absolute atomic E-state index is 0.0487. The number of nitrogens with one attached hydrogen (secondary N) is 3. The van der Waals surface area contributed by atoms with E-state index in [2.05, 4.69) is 37.1 Å². The molecular formula is C25H22BrFN4O5. The number of hydrogen-bond donors (Lipinski definition) is 3. The zero-order chi connectivity index (χ0) is 25.9. The zero-order valence-corrected chi connectivity index (χ0v) is 20.7. The van der Waals surface area contributed by atoms with Gasteiger partial charge in [-0.05, 0) is 67.1 Å². The molecule has 11 heteroatoms. The van der Waals surface area contributed by atoms with Crippen molar-refractivity contribution in [2.75, 3.05) is 23.8 Å². The monoisotopic (exact) mass is 556 g/mol. The molecule has 0 heterocycles. The molecule has 3 aromatic carbocycles. The van der Waals surface area contributed by atoms with Gasteiger partial charge in [-0.3, -0.25) is 14.4 Å². The van der Waals surface area contributed by atoms with E-state index in [-0.39, 0.29) is 12.3 Å². The lowest BCUT2D eigenvalue weighted by atomic mass is 10.2. The fourth-order valence-corrected chi connectivity index (χ4v) is 3.16. The summed E-state index contributed by atoms with van der Waals surface area (Å²) in [7, 11) is 0. The van der Waals surface area contributed by atoms with Crippen LogP contribution in [0.5, 0.6) is 11.5 Å². The standard InChI is InChI=1S/C25H22BrFN4O5/c1-2-35-22-6-4-3-5-21(22)30-24(33)25(34)31-28-14-16-7-10-18(11-8-16)36-15-23(32)29-20-12-9-17(26)13-19(20)27/h3-14H,2,15H2,1H3,(H,29,32)(H,30,33)(H,31,34)/b28-14-. The van der Waals surface area contributed by atoms with E-state index < -0.39 is 23.5 Å². The summed E-state index contributed by atoms with van der Waals surface area (Å²) in [5.74, 6) is -2.09. The van der Waals surface area contributed by atoms with E-state index in [1.807, 2.05) is 6.92 Å². The number of hydrazone groups is 1. The first kappa shape index (κ1) is 26.4. The van der Waals surface area contributed by atoms with Crippen molar-refractivity contribution < 1.29 is 28.2 Å². The van der Waals surface area contributed by atoms with Crippen molar-refractivity contribution in [1.29, 1.82) is 0 Å². The second-order valence-electron chi connectivity index (χ2n) is 7.11. The van der Waals surface area contributed by atoms with E-state index in [1.165, 1.54) is 18.3 Å². The van der Waals surface area contributed by atoms with Gasteiger partial charge in [-0.15, -0.1) is 0 Å². The molecule has 0 bridgehead atoms. The van der Waals surface area contributed by atoms with Gasteiger partial charge in [0.2, 0.25) is 0 Å². The summed E-state index contributed by atoms with van der Waals surface area (Å²) in [4.78, 5) is 36.1. The number of hydrogen-bond acceptors (Lipinski definition) is 6. The Balaban J connectivity index is 1.45. The summed E-state index contributed by atoms with van der Waals surface area (Å²) in [6, 6.07) is 17.5. The topological polar surface area (TPSA) is 118 Å². The van der Waals surface area contributed by atoms with E-state index in [0.29, 0.717) is 33.8 Å². The smallest absolute Gasteiger partial charge is 0.329 e. The Morgan fingerprint density at radius 2 is 1.69 bits per heavy atom. The molecule has 186 valence electrons. The molecule has 0 aliphatic carbocycles. The number of ether oxygens (including phenoxy) is 2. The molecular weight excluding hydrogens is 535 g/mol. The van der Waals surface area contributed by atoms with Gasteiger partial charge in [0.25, 0.3) is 5.91 Å². The Hall–Kier alpha value is -4.25. The van der Waals surface area contributed by atoms with Gasteiger partial charge in [-0.2, -0.15) is 5.10 Å². The third kappa shape index (κ3) is 7.91. The molecule has 0 saturated heterocycles. The third-order valence-electron chi connectivity index (χ3n) is 4.48. The average Bonchev–Trinajstić information content (AvgIpc) is 2.86. The maximum Gasteiger partial charge on any atom is 0.329 e. The van der Waals surface area contributed by atoms with Crippen molar-refractivity contribution in [3.05, 3.63) is 82.6 Å². The molecule has 3 N–H and O–H groups in total. The molecule has 0 aliphatic rings. The van der Waals surface area contributed by atoms with Crippen molar-refractivity contribution in [1.82, 2.24) is 5.43 Å². The van der Waals surface area contributed by atoms with Crippen molar-refractivity contribution in [3.8, 4) is 11.5 Å². The van der Waals surface area contributed by atoms with E-state index in [4.69, 9.17) is 9.47 Å². The minimum Gasteiger partial charge on any atom is -0.492 e. The first-order chi connectivity index (χ1) is 17.4. The quantitative estimate of drug-likeness (QED) is 0.208. The lowest BCUT2D eigenvalue weighted by Crippen LogP contribution is -2.32. The highest BCUT2D eigenvalue weighted by Gasteiger charge is 2.15. The molecule has 0 saturated carbocycles. The van der Waals surface area contributed by atoms with Gasteiger partial charge in [0.15, 0.2) is 6.61 Å². The fourth-order valence-electron chi connectivity index (χ4n) is 2.82. The number of amides is 3. The Morgan fingerprint density at radius 3 is 2.42 bits per heavy atom. The molecule has 9 nitrogen and oxygen atoms in total. The van der Waals surface area contributed by atoms with Crippen LogP contribution in [-0.2, 0) is 14.4 Å². The van der Waals surface area contributed by atoms with Crippen LogP contribution in [0.3, 0.4) is 0 Å². The maximum absolute atomic E-state index is 13.8. The first-order valence-corrected chi connectivity index (χ1v) is 11.5. The van der Waals surface area contributed by atoms with Crippen molar-refractivity contribution in [2.45, 2.75) is 6.92 Å². The number of nitrogens with zero attached hydrogens (tertiary/aromatic N) is 1. The molecule has 36 heavy (non-hydrogen) atoms. The lowest BCUT2D eigenvalue weighted by Gasteiger charge is -2.10. The molecule has 0 aromatic heterocycles. The van der Waals surface area contributed by atoms with E-state index >= 15 is 0 Å². The molecule has 0 aliphatic heterocycles. The van der Waals surface area contributed by atoms with Crippen LogP contribution in [0.25, 0.3) is 0 Å². The van der Waals surface area contributed by atoms with Gasteiger partial charge in [-0.1, -0.05) is 28.1 Å². The molecule has 0 unspecified atom stereocenters. The summed E-state index contributed by atoms with van der Waals surface area (Å²) >= 11 is 3.15. The summed E-state index contributed by atoms with van der Waals surface area (Å²) < 4.78 is 25.2. The molecule has 3 amide bonds. The van der Waals surface area contributed by atoms with Crippen LogP contribution in [0, 0.1) is 5.82 Å². The summed E-state index contributed by atoms with van der Waals surface area (Å²) in [6.07, 6.45) is 1.34. The lowest BCUT2D eigenvalue weighted by molar-refractivity contribution is -0.136. The van der Waals surface area contributed by atoms with Crippen LogP contribution in [0.2, 0.25) is 0 Å². The Kier molecular flexibility index (Phi) is 9.52. The SMILES string of the molecule is CCOc1ccccc1NC(=O)C(=O)N/N=C\c1ccc(OCC(=O)Nc2ccc(Br)cc2F)cc1. The van der Waals surface area contributed by atoms with Crippen LogP contribution in [0.1, 0.15) is 12.5 Å². The van der Waals surface area contributed by atoms with Crippen molar-refractivity contribution >= 4 is 51.2 Å². The second-order valence-corrected chi connectivity index (χ2v) is 8.03. The van der Waals surface area contributed by atoms with Crippen LogP contribution >= 0.6 is 15.9 Å². The largest absolute Gasteiger partial charge is 0.492 e. The molecule has 0 spiro atoms. The van der Waals surface area contributed by atoms with E-state index in [0.717, 1.165) is 0 Å². The van der Waals surface area contributed by atoms with Crippen LogP contribution < -0.4 is 25.5 Å². The van der Waals surface area contributed by atoms with Crippen molar-refractivity contribution in [3.63, 3.8) is 0 Å². The molecule has 0 fully saturated rings. The van der Waals surface area contributed by atoms with Gasteiger partial charge >= 0.3 is 11.8 Å². The highest BCUT2D eigenvalue weighted by Crippen LogP contribution is 2.23. The van der Waals surface area contributed by atoms with Crippen LogP contribution in [-0.4, -0.2) is 37.1 Å². The maximum atomic E-state index is 13.8. The predicted molar refractivity (Wildman–Crippen MR) is 137 cm³/mol. The van der Waals surface area contributed by atoms with E-state index in [9.17, 15) is 18.8 Å². The summed E-state index contributed by atoms with van der Waals surface area (Å²) in [5.41, 5.74) is 3.17. The fraction of sp³-hybridized carbons (Fsp3) is 0.120. The van der Waals surface area contributed by atoms with Gasteiger partial charge in [0, 0.05) is 4.47 Å². The third-order valence-corrected chi connectivity index (χ3v) is 4.97. The van der Waals surface area contributed by atoms with Crippen molar-refractivity contribution in [2.24, 2.45) is 5.10 Å². The van der Waals surface area contributed by atoms with Crippen LogP contribution in [0.4, 0.5) is 15.8 Å². The highest BCUT2D eigenvalue weighted by molar-refractivity contribution is 9.10. The Bertz CT molecular complexity index is 1270. The van der Waals surface area contributed by atoms with Crippen LogP contribution in [0.15, 0.2) is 76.3 Å². The number of benzene rings is 3. The highest BCUT2D eigenvalue weighted by atomic mass is 79.9. The van der Waals surface area contributed by atoms with Gasteiger partial charge in [-0.25, -0.2) is 9.82 Å². The first-order valence-electron chi connectivity index (χ1n) is 10.7. The predicted octanol–water partition coefficient (Wildman–Crippen LogP) is 4.09.